The Morgan fingerprint density at radius 1 is 1.12 bits per heavy atom. The van der Waals surface area contributed by atoms with E-state index in [0.29, 0.717) is 22.3 Å². The quantitative estimate of drug-likeness (QED) is 0.529. The fourth-order valence-electron chi connectivity index (χ4n) is 3.71. The van der Waals surface area contributed by atoms with Crippen LogP contribution in [0.5, 0.6) is 0 Å². The molecule has 0 bridgehead atoms. The lowest BCUT2D eigenvalue weighted by atomic mass is 10.1. The summed E-state index contributed by atoms with van der Waals surface area (Å²) in [6, 6.07) is 13.2. The van der Waals surface area contributed by atoms with Crippen LogP contribution in [0.3, 0.4) is 0 Å². The van der Waals surface area contributed by atoms with Crippen LogP contribution in [-0.4, -0.2) is 48.5 Å². The minimum atomic E-state index is -0.347. The standard InChI is InChI=1S/C23H24ClFN6O/c1-15(27-14-23(32)28-18-5-3-17(25)4-6-18)30-8-10-31(11-9-30)21-13-22(26)29-20-12-16(24)2-7-19(20)21/h2-7,12-13,27H,1,8-11,14H2,(H2,26,29)(H,28,32). The number of nitrogens with zero attached hydrogens (tertiary/aromatic N) is 3. The lowest BCUT2D eigenvalue weighted by Gasteiger charge is -2.38. The number of pyridine rings is 1. The second kappa shape index (κ2) is 9.32. The molecule has 1 aliphatic heterocycles. The van der Waals surface area contributed by atoms with Gasteiger partial charge in [0.15, 0.2) is 0 Å². The van der Waals surface area contributed by atoms with Gasteiger partial charge in [-0.2, -0.15) is 0 Å². The highest BCUT2D eigenvalue weighted by molar-refractivity contribution is 6.31. The van der Waals surface area contributed by atoms with Gasteiger partial charge in [0, 0.05) is 54.0 Å². The minimum absolute atomic E-state index is 0.0721. The lowest BCUT2D eigenvalue weighted by molar-refractivity contribution is -0.115. The van der Waals surface area contributed by atoms with Crippen LogP contribution in [-0.2, 0) is 4.79 Å². The van der Waals surface area contributed by atoms with Gasteiger partial charge in [0.1, 0.15) is 11.6 Å². The number of carbonyl (C=O) groups excluding carboxylic acids is 1. The maximum absolute atomic E-state index is 13.0. The van der Waals surface area contributed by atoms with E-state index in [1.165, 1.54) is 24.3 Å². The van der Waals surface area contributed by atoms with Crippen LogP contribution in [0.25, 0.3) is 10.9 Å². The van der Waals surface area contributed by atoms with E-state index in [2.05, 4.69) is 32.0 Å². The second-order valence-electron chi connectivity index (χ2n) is 7.56. The van der Waals surface area contributed by atoms with E-state index < -0.39 is 0 Å². The van der Waals surface area contributed by atoms with E-state index in [1.54, 1.807) is 0 Å². The molecule has 166 valence electrons. The second-order valence-corrected chi connectivity index (χ2v) is 7.99. The van der Waals surface area contributed by atoms with Crippen LogP contribution in [0.15, 0.2) is 60.9 Å². The molecule has 32 heavy (non-hydrogen) atoms. The number of carbonyl (C=O) groups is 1. The molecule has 1 saturated heterocycles. The maximum atomic E-state index is 13.0. The molecule has 7 nitrogen and oxygen atoms in total. The summed E-state index contributed by atoms with van der Waals surface area (Å²) in [6.45, 7) is 7.15. The number of aromatic nitrogens is 1. The van der Waals surface area contributed by atoms with Gasteiger partial charge in [0.05, 0.1) is 17.9 Å². The van der Waals surface area contributed by atoms with Crippen molar-refractivity contribution >= 4 is 45.6 Å². The molecular weight excluding hydrogens is 431 g/mol. The fraction of sp³-hybridized carbons (Fsp3) is 0.217. The molecule has 0 aliphatic carbocycles. The Morgan fingerprint density at radius 3 is 2.56 bits per heavy atom. The van der Waals surface area contributed by atoms with Gasteiger partial charge in [-0.15, -0.1) is 0 Å². The Balaban J connectivity index is 1.32. The average molecular weight is 455 g/mol. The highest BCUT2D eigenvalue weighted by Gasteiger charge is 2.21. The summed E-state index contributed by atoms with van der Waals surface area (Å²) in [5, 5.41) is 7.41. The lowest BCUT2D eigenvalue weighted by Crippen LogP contribution is -2.48. The molecule has 1 aromatic heterocycles. The zero-order valence-electron chi connectivity index (χ0n) is 17.4. The van der Waals surface area contributed by atoms with Crippen LogP contribution >= 0.6 is 11.6 Å². The number of halogens is 2. The molecule has 4 N–H and O–H groups in total. The van der Waals surface area contributed by atoms with E-state index in [0.717, 1.165) is 42.8 Å². The van der Waals surface area contributed by atoms with Gasteiger partial charge in [-0.1, -0.05) is 18.2 Å². The number of hydrogen-bond acceptors (Lipinski definition) is 6. The third-order valence-electron chi connectivity index (χ3n) is 5.35. The third-order valence-corrected chi connectivity index (χ3v) is 5.59. The first-order valence-corrected chi connectivity index (χ1v) is 10.6. The zero-order valence-corrected chi connectivity index (χ0v) is 18.2. The fourth-order valence-corrected chi connectivity index (χ4v) is 3.88. The largest absolute Gasteiger partial charge is 0.384 e. The van der Waals surface area contributed by atoms with Crippen molar-refractivity contribution in [2.75, 3.05) is 48.7 Å². The number of benzene rings is 2. The Hall–Kier alpha value is -3.52. The predicted molar refractivity (Wildman–Crippen MR) is 127 cm³/mol. The van der Waals surface area contributed by atoms with E-state index in [-0.39, 0.29) is 18.3 Å². The van der Waals surface area contributed by atoms with Gasteiger partial charge in [-0.3, -0.25) is 4.79 Å². The van der Waals surface area contributed by atoms with Crippen LogP contribution < -0.4 is 21.3 Å². The normalized spacial score (nSPS) is 13.8. The summed E-state index contributed by atoms with van der Waals surface area (Å²) >= 11 is 6.11. The third kappa shape index (κ3) is 5.03. The van der Waals surface area contributed by atoms with Crippen molar-refractivity contribution in [3.63, 3.8) is 0 Å². The summed E-state index contributed by atoms with van der Waals surface area (Å²) in [7, 11) is 0. The number of anilines is 3. The molecule has 3 aromatic rings. The molecule has 0 saturated carbocycles. The molecule has 0 radical (unpaired) electrons. The maximum Gasteiger partial charge on any atom is 0.243 e. The van der Waals surface area contributed by atoms with Crippen molar-refractivity contribution in [2.24, 2.45) is 0 Å². The summed E-state index contributed by atoms with van der Waals surface area (Å²) in [5.74, 6) is 0.564. The van der Waals surface area contributed by atoms with Crippen molar-refractivity contribution in [3.05, 3.63) is 71.8 Å². The zero-order chi connectivity index (χ0) is 22.7. The molecule has 9 heteroatoms. The number of nitrogens with two attached hydrogens (primary N) is 1. The molecule has 0 spiro atoms. The summed E-state index contributed by atoms with van der Waals surface area (Å²) < 4.78 is 13.0. The summed E-state index contributed by atoms with van der Waals surface area (Å²) in [6.07, 6.45) is 0. The van der Waals surface area contributed by atoms with E-state index >= 15 is 0 Å². The van der Waals surface area contributed by atoms with Crippen molar-refractivity contribution in [1.29, 1.82) is 0 Å². The van der Waals surface area contributed by atoms with Crippen LogP contribution in [0, 0.1) is 5.82 Å². The highest BCUT2D eigenvalue weighted by Crippen LogP contribution is 2.30. The van der Waals surface area contributed by atoms with Gasteiger partial charge >= 0.3 is 0 Å². The number of piperazine rings is 1. The number of nitrogens with one attached hydrogen (secondary N) is 2. The summed E-state index contributed by atoms with van der Waals surface area (Å²) in [5.41, 5.74) is 8.36. The molecular formula is C23H24ClFN6O. The van der Waals surface area contributed by atoms with Gasteiger partial charge in [-0.05, 0) is 42.5 Å². The molecule has 1 amide bonds. The smallest absolute Gasteiger partial charge is 0.243 e. The molecule has 2 aromatic carbocycles. The van der Waals surface area contributed by atoms with Crippen molar-refractivity contribution in [3.8, 4) is 0 Å². The van der Waals surface area contributed by atoms with E-state index in [9.17, 15) is 9.18 Å². The number of rotatable bonds is 6. The number of nitrogen functional groups attached to an aromatic ring is 1. The molecule has 1 fully saturated rings. The minimum Gasteiger partial charge on any atom is -0.384 e. The Bertz CT molecular complexity index is 1140. The Kier molecular flexibility index (Phi) is 6.32. The van der Waals surface area contributed by atoms with Crippen molar-refractivity contribution < 1.29 is 9.18 Å². The number of amides is 1. The van der Waals surface area contributed by atoms with Crippen LogP contribution in [0.1, 0.15) is 0 Å². The van der Waals surface area contributed by atoms with Crippen molar-refractivity contribution in [1.82, 2.24) is 15.2 Å². The Morgan fingerprint density at radius 2 is 1.84 bits per heavy atom. The predicted octanol–water partition coefficient (Wildman–Crippen LogP) is 3.43. The monoisotopic (exact) mass is 454 g/mol. The molecule has 4 rings (SSSR count). The van der Waals surface area contributed by atoms with Crippen LogP contribution in [0.4, 0.5) is 21.6 Å². The summed E-state index contributed by atoms with van der Waals surface area (Å²) in [4.78, 5) is 20.9. The molecule has 2 heterocycles. The molecule has 0 atom stereocenters. The first-order valence-electron chi connectivity index (χ1n) is 10.2. The number of hydrogen-bond donors (Lipinski definition) is 3. The first-order chi connectivity index (χ1) is 15.4. The highest BCUT2D eigenvalue weighted by atomic mass is 35.5. The van der Waals surface area contributed by atoms with Crippen LogP contribution in [0.2, 0.25) is 5.02 Å². The Labute approximate surface area is 190 Å². The molecule has 0 unspecified atom stereocenters. The van der Waals surface area contributed by atoms with Gasteiger partial charge < -0.3 is 26.2 Å². The van der Waals surface area contributed by atoms with Gasteiger partial charge in [0.25, 0.3) is 0 Å². The molecule has 1 aliphatic rings. The van der Waals surface area contributed by atoms with E-state index in [4.69, 9.17) is 17.3 Å². The SMILES string of the molecule is C=C(NCC(=O)Nc1ccc(F)cc1)N1CCN(c2cc(N)nc3cc(Cl)ccc23)CC1. The first kappa shape index (κ1) is 21.7. The van der Waals surface area contributed by atoms with E-state index in [1.807, 2.05) is 24.3 Å². The van der Waals surface area contributed by atoms with Gasteiger partial charge in [0.2, 0.25) is 5.91 Å². The topological polar surface area (TPSA) is 86.5 Å². The van der Waals surface area contributed by atoms with Gasteiger partial charge in [-0.25, -0.2) is 9.37 Å². The average Bonchev–Trinajstić information content (AvgIpc) is 2.78. The van der Waals surface area contributed by atoms with Crippen molar-refractivity contribution in [2.45, 2.75) is 0 Å². The number of fused-ring (bicyclic) bond motifs is 1.